The molecule has 0 bridgehead atoms. The molecule has 0 aliphatic heterocycles. The first-order valence-corrected chi connectivity index (χ1v) is 8.35. The standard InChI is InChI=1S/C17H15Cl2N3O2S/c1-10(23)22(2)15-5-3-14(4-6-15)20-17(25)21-16(24)11-7-12(18)9-13(19)8-11/h3-9H,1-2H3,(H2,20,21,24,25). The van der Waals surface area contributed by atoms with Crippen LogP contribution < -0.4 is 15.5 Å². The van der Waals surface area contributed by atoms with Gasteiger partial charge in [0.15, 0.2) is 5.11 Å². The molecule has 0 unspecified atom stereocenters. The number of amides is 2. The first-order chi connectivity index (χ1) is 11.8. The average Bonchev–Trinajstić information content (AvgIpc) is 2.53. The molecule has 0 aromatic heterocycles. The zero-order valence-corrected chi connectivity index (χ0v) is 15.8. The number of hydrogen-bond donors (Lipinski definition) is 2. The van der Waals surface area contributed by atoms with E-state index in [9.17, 15) is 9.59 Å². The van der Waals surface area contributed by atoms with Gasteiger partial charge in [0.05, 0.1) is 0 Å². The predicted octanol–water partition coefficient (Wildman–Crippen LogP) is 4.10. The Morgan fingerprint density at radius 2 is 1.60 bits per heavy atom. The van der Waals surface area contributed by atoms with Crippen LogP contribution in [-0.2, 0) is 4.79 Å². The van der Waals surface area contributed by atoms with Crippen molar-refractivity contribution in [1.82, 2.24) is 5.32 Å². The number of hydrogen-bond acceptors (Lipinski definition) is 3. The molecule has 2 aromatic carbocycles. The van der Waals surface area contributed by atoms with Gasteiger partial charge in [-0.25, -0.2) is 0 Å². The Balaban J connectivity index is 2.00. The third kappa shape index (κ3) is 5.42. The van der Waals surface area contributed by atoms with Gasteiger partial charge in [0.25, 0.3) is 5.91 Å². The molecule has 25 heavy (non-hydrogen) atoms. The van der Waals surface area contributed by atoms with E-state index in [1.165, 1.54) is 30.0 Å². The van der Waals surface area contributed by atoms with Crippen LogP contribution in [0, 0.1) is 0 Å². The third-order valence-corrected chi connectivity index (χ3v) is 3.98. The van der Waals surface area contributed by atoms with Crippen molar-refractivity contribution < 1.29 is 9.59 Å². The van der Waals surface area contributed by atoms with Gasteiger partial charge >= 0.3 is 0 Å². The minimum Gasteiger partial charge on any atom is -0.332 e. The highest BCUT2D eigenvalue weighted by Gasteiger charge is 2.10. The molecule has 0 heterocycles. The van der Waals surface area contributed by atoms with Gasteiger partial charge in [-0.2, -0.15) is 0 Å². The summed E-state index contributed by atoms with van der Waals surface area (Å²) in [6.07, 6.45) is 0. The molecule has 8 heteroatoms. The van der Waals surface area contributed by atoms with Gasteiger partial charge in [-0.15, -0.1) is 0 Å². The number of anilines is 2. The molecule has 5 nitrogen and oxygen atoms in total. The summed E-state index contributed by atoms with van der Waals surface area (Å²) < 4.78 is 0. The van der Waals surface area contributed by atoms with E-state index in [0.29, 0.717) is 21.3 Å². The molecule has 0 saturated carbocycles. The molecular formula is C17H15Cl2N3O2S. The van der Waals surface area contributed by atoms with E-state index < -0.39 is 5.91 Å². The van der Waals surface area contributed by atoms with Gasteiger partial charge < -0.3 is 10.2 Å². The number of thiocarbonyl (C=S) groups is 1. The summed E-state index contributed by atoms with van der Waals surface area (Å²) in [5.74, 6) is -0.487. The number of nitrogens with one attached hydrogen (secondary N) is 2. The Bertz CT molecular complexity index is 805. The van der Waals surface area contributed by atoms with E-state index in [0.717, 1.165) is 5.69 Å². The van der Waals surface area contributed by atoms with Crippen LogP contribution in [0.15, 0.2) is 42.5 Å². The smallest absolute Gasteiger partial charge is 0.257 e. The molecule has 0 aliphatic carbocycles. The third-order valence-electron chi connectivity index (χ3n) is 3.34. The minimum atomic E-state index is -0.421. The quantitative estimate of drug-likeness (QED) is 0.767. The van der Waals surface area contributed by atoms with Crippen molar-refractivity contribution in [2.24, 2.45) is 0 Å². The summed E-state index contributed by atoms with van der Waals surface area (Å²) >= 11 is 16.9. The van der Waals surface area contributed by atoms with E-state index in [-0.39, 0.29) is 11.0 Å². The van der Waals surface area contributed by atoms with E-state index in [1.54, 1.807) is 31.3 Å². The second kappa shape index (κ2) is 8.29. The molecule has 0 atom stereocenters. The number of nitrogens with zero attached hydrogens (tertiary/aromatic N) is 1. The van der Waals surface area contributed by atoms with Crippen LogP contribution in [0.4, 0.5) is 11.4 Å². The van der Waals surface area contributed by atoms with Crippen LogP contribution in [0.5, 0.6) is 0 Å². The lowest BCUT2D eigenvalue weighted by Gasteiger charge is -2.16. The summed E-state index contributed by atoms with van der Waals surface area (Å²) in [5, 5.41) is 6.31. The van der Waals surface area contributed by atoms with Crippen molar-refractivity contribution in [3.8, 4) is 0 Å². The van der Waals surface area contributed by atoms with Crippen molar-refractivity contribution in [2.75, 3.05) is 17.3 Å². The highest BCUT2D eigenvalue weighted by molar-refractivity contribution is 7.80. The number of carbonyl (C=O) groups excluding carboxylic acids is 2. The fourth-order valence-corrected chi connectivity index (χ4v) is 2.71. The summed E-state index contributed by atoms with van der Waals surface area (Å²) in [5.41, 5.74) is 1.73. The monoisotopic (exact) mass is 395 g/mol. The van der Waals surface area contributed by atoms with Crippen LogP contribution in [0.3, 0.4) is 0 Å². The fourth-order valence-electron chi connectivity index (χ4n) is 1.97. The Labute approximate surface area is 160 Å². The zero-order chi connectivity index (χ0) is 18.6. The van der Waals surface area contributed by atoms with Crippen LogP contribution >= 0.6 is 35.4 Å². The average molecular weight is 396 g/mol. The second-order valence-corrected chi connectivity index (χ2v) is 6.47. The van der Waals surface area contributed by atoms with Crippen molar-refractivity contribution in [2.45, 2.75) is 6.92 Å². The lowest BCUT2D eigenvalue weighted by Crippen LogP contribution is -2.34. The topological polar surface area (TPSA) is 61.4 Å². The number of carbonyl (C=O) groups is 2. The Morgan fingerprint density at radius 1 is 1.04 bits per heavy atom. The van der Waals surface area contributed by atoms with Crippen molar-refractivity contribution in [3.05, 3.63) is 58.1 Å². The van der Waals surface area contributed by atoms with Gasteiger partial charge in [0, 0.05) is 41.0 Å². The number of rotatable bonds is 3. The second-order valence-electron chi connectivity index (χ2n) is 5.19. The van der Waals surface area contributed by atoms with Crippen LogP contribution in [0.2, 0.25) is 10.0 Å². The Kier molecular flexibility index (Phi) is 6.36. The summed E-state index contributed by atoms with van der Waals surface area (Å²) in [4.78, 5) is 25.0. The first kappa shape index (κ1) is 19.2. The highest BCUT2D eigenvalue weighted by Crippen LogP contribution is 2.19. The number of halogens is 2. The molecular weight excluding hydrogens is 381 g/mol. The zero-order valence-electron chi connectivity index (χ0n) is 13.5. The lowest BCUT2D eigenvalue weighted by atomic mass is 10.2. The van der Waals surface area contributed by atoms with Gasteiger partial charge in [-0.3, -0.25) is 14.9 Å². The first-order valence-electron chi connectivity index (χ1n) is 7.19. The fraction of sp³-hybridized carbons (Fsp3) is 0.118. The van der Waals surface area contributed by atoms with Crippen LogP contribution in [0.25, 0.3) is 0 Å². The molecule has 130 valence electrons. The molecule has 2 N–H and O–H groups in total. The van der Waals surface area contributed by atoms with E-state index in [2.05, 4.69) is 10.6 Å². The molecule has 2 amide bonds. The molecule has 0 spiro atoms. The van der Waals surface area contributed by atoms with E-state index in [1.807, 2.05) is 0 Å². The Morgan fingerprint density at radius 3 is 2.12 bits per heavy atom. The highest BCUT2D eigenvalue weighted by atomic mass is 35.5. The lowest BCUT2D eigenvalue weighted by molar-refractivity contribution is -0.116. The SMILES string of the molecule is CC(=O)N(C)c1ccc(NC(=S)NC(=O)c2cc(Cl)cc(Cl)c2)cc1. The maximum atomic E-state index is 12.2. The van der Waals surface area contributed by atoms with E-state index in [4.69, 9.17) is 35.4 Å². The summed E-state index contributed by atoms with van der Waals surface area (Å²) in [7, 11) is 1.69. The Hall–Kier alpha value is -2.15. The van der Waals surface area contributed by atoms with Gasteiger partial charge in [-0.1, -0.05) is 23.2 Å². The van der Waals surface area contributed by atoms with Crippen molar-refractivity contribution in [3.63, 3.8) is 0 Å². The largest absolute Gasteiger partial charge is 0.332 e. The molecule has 0 radical (unpaired) electrons. The maximum Gasteiger partial charge on any atom is 0.257 e. The van der Waals surface area contributed by atoms with Crippen molar-refractivity contribution in [1.29, 1.82) is 0 Å². The normalized spacial score (nSPS) is 10.1. The molecule has 0 fully saturated rings. The summed E-state index contributed by atoms with van der Waals surface area (Å²) in [6.45, 7) is 1.49. The predicted molar refractivity (Wildman–Crippen MR) is 106 cm³/mol. The minimum absolute atomic E-state index is 0.0660. The molecule has 0 saturated heterocycles. The maximum absolute atomic E-state index is 12.2. The molecule has 2 aromatic rings. The van der Waals surface area contributed by atoms with E-state index >= 15 is 0 Å². The molecule has 2 rings (SSSR count). The number of benzene rings is 2. The van der Waals surface area contributed by atoms with Gasteiger partial charge in [0.2, 0.25) is 5.91 Å². The van der Waals surface area contributed by atoms with Crippen LogP contribution in [0.1, 0.15) is 17.3 Å². The van der Waals surface area contributed by atoms with Gasteiger partial charge in [0.1, 0.15) is 0 Å². The molecule has 0 aliphatic rings. The van der Waals surface area contributed by atoms with Crippen molar-refractivity contribution >= 4 is 63.7 Å². The van der Waals surface area contributed by atoms with Gasteiger partial charge in [-0.05, 0) is 54.7 Å². The van der Waals surface area contributed by atoms with Crippen LogP contribution in [-0.4, -0.2) is 24.0 Å². The summed E-state index contributed by atoms with van der Waals surface area (Å²) in [6, 6.07) is 11.6.